The van der Waals surface area contributed by atoms with Crippen molar-refractivity contribution in [2.45, 2.75) is 45.3 Å². The van der Waals surface area contributed by atoms with Gasteiger partial charge in [-0.2, -0.15) is 0 Å². The Hall–Kier alpha value is -2.04. The van der Waals surface area contributed by atoms with Crippen molar-refractivity contribution >= 4 is 5.69 Å². The number of anilines is 1. The van der Waals surface area contributed by atoms with Gasteiger partial charge in [0.2, 0.25) is 0 Å². The topological polar surface area (TPSA) is 58.7 Å². The van der Waals surface area contributed by atoms with Gasteiger partial charge in [-0.15, -0.1) is 0 Å². The third-order valence-electron chi connectivity index (χ3n) is 5.19. The quantitative estimate of drug-likeness (QED) is 0.741. The van der Waals surface area contributed by atoms with Gasteiger partial charge in [-0.3, -0.25) is 0 Å². The highest BCUT2D eigenvalue weighted by molar-refractivity contribution is 5.50. The van der Waals surface area contributed by atoms with Crippen LogP contribution in [0.3, 0.4) is 0 Å². The maximum atomic E-state index is 9.42. The van der Waals surface area contributed by atoms with Crippen molar-refractivity contribution in [3.63, 3.8) is 0 Å². The Kier molecular flexibility index (Phi) is 6.53. The van der Waals surface area contributed by atoms with E-state index in [9.17, 15) is 5.11 Å². The predicted molar refractivity (Wildman–Crippen MR) is 106 cm³/mol. The van der Waals surface area contributed by atoms with Crippen LogP contribution in [-0.4, -0.2) is 35.7 Å². The van der Waals surface area contributed by atoms with Crippen LogP contribution < -0.4 is 5.73 Å². The standard InChI is InChI=1S/C22H30N2O2/c1-17-4-6-18(7-5-17)16-26-21-10-13-24(14-11-21)12-2-3-19-8-9-20(25)15-22(19)23/h4-9,15,21,25H,2-3,10-14,16,23H2,1H3. The van der Waals surface area contributed by atoms with Crippen molar-refractivity contribution in [3.05, 3.63) is 59.2 Å². The monoisotopic (exact) mass is 354 g/mol. The second-order valence-electron chi connectivity index (χ2n) is 7.32. The zero-order valence-corrected chi connectivity index (χ0v) is 15.7. The number of aryl methyl sites for hydroxylation is 2. The van der Waals surface area contributed by atoms with E-state index in [1.165, 1.54) is 11.1 Å². The molecule has 26 heavy (non-hydrogen) atoms. The molecule has 4 nitrogen and oxygen atoms in total. The summed E-state index contributed by atoms with van der Waals surface area (Å²) in [5.74, 6) is 0.235. The van der Waals surface area contributed by atoms with E-state index in [4.69, 9.17) is 10.5 Å². The summed E-state index contributed by atoms with van der Waals surface area (Å²) in [4.78, 5) is 2.52. The number of hydrogen-bond donors (Lipinski definition) is 2. The van der Waals surface area contributed by atoms with Crippen molar-refractivity contribution in [1.82, 2.24) is 4.90 Å². The van der Waals surface area contributed by atoms with E-state index in [1.807, 2.05) is 6.07 Å². The van der Waals surface area contributed by atoms with Gasteiger partial charge < -0.3 is 20.5 Å². The lowest BCUT2D eigenvalue weighted by molar-refractivity contribution is -0.00254. The Morgan fingerprint density at radius 3 is 2.54 bits per heavy atom. The molecule has 0 spiro atoms. The average molecular weight is 354 g/mol. The Morgan fingerprint density at radius 2 is 1.85 bits per heavy atom. The normalized spacial score (nSPS) is 16.0. The molecule has 140 valence electrons. The molecule has 1 aliphatic rings. The fourth-order valence-corrected chi connectivity index (χ4v) is 3.50. The van der Waals surface area contributed by atoms with Crippen LogP contribution >= 0.6 is 0 Å². The molecule has 4 heteroatoms. The van der Waals surface area contributed by atoms with Gasteiger partial charge in [-0.1, -0.05) is 35.9 Å². The summed E-state index contributed by atoms with van der Waals surface area (Å²) >= 11 is 0. The van der Waals surface area contributed by atoms with Crippen molar-refractivity contribution in [2.75, 3.05) is 25.4 Å². The highest BCUT2D eigenvalue weighted by Gasteiger charge is 2.19. The van der Waals surface area contributed by atoms with Crippen LogP contribution in [0.5, 0.6) is 5.75 Å². The number of phenols is 1. The fourth-order valence-electron chi connectivity index (χ4n) is 3.50. The predicted octanol–water partition coefficient (Wildman–Crippen LogP) is 3.90. The molecule has 0 bridgehead atoms. The zero-order chi connectivity index (χ0) is 18.4. The van der Waals surface area contributed by atoms with Crippen molar-refractivity contribution in [3.8, 4) is 5.75 Å². The third-order valence-corrected chi connectivity index (χ3v) is 5.19. The molecule has 0 saturated carbocycles. The maximum absolute atomic E-state index is 9.42. The first-order valence-corrected chi connectivity index (χ1v) is 9.57. The van der Waals surface area contributed by atoms with Gasteiger partial charge in [-0.25, -0.2) is 0 Å². The molecule has 0 atom stereocenters. The van der Waals surface area contributed by atoms with Gasteiger partial charge in [-0.05, 0) is 56.3 Å². The van der Waals surface area contributed by atoms with Gasteiger partial charge in [0.1, 0.15) is 5.75 Å². The second kappa shape index (κ2) is 9.06. The lowest BCUT2D eigenvalue weighted by Gasteiger charge is -2.32. The molecule has 3 N–H and O–H groups in total. The van der Waals surface area contributed by atoms with Crippen LogP contribution in [0.4, 0.5) is 5.69 Å². The molecule has 0 radical (unpaired) electrons. The summed E-state index contributed by atoms with van der Waals surface area (Å²) < 4.78 is 6.09. The van der Waals surface area contributed by atoms with E-state index >= 15 is 0 Å². The molecule has 0 aliphatic carbocycles. The number of benzene rings is 2. The van der Waals surface area contributed by atoms with Crippen LogP contribution in [0.15, 0.2) is 42.5 Å². The van der Waals surface area contributed by atoms with Crippen molar-refractivity contribution < 1.29 is 9.84 Å². The maximum Gasteiger partial charge on any atom is 0.117 e. The molecule has 1 saturated heterocycles. The van der Waals surface area contributed by atoms with Crippen LogP contribution in [0.1, 0.15) is 36.0 Å². The number of rotatable bonds is 7. The Labute approximate surface area is 156 Å². The van der Waals surface area contributed by atoms with E-state index < -0.39 is 0 Å². The SMILES string of the molecule is Cc1ccc(COC2CCN(CCCc3ccc(O)cc3N)CC2)cc1. The summed E-state index contributed by atoms with van der Waals surface area (Å²) in [5, 5.41) is 9.42. The summed E-state index contributed by atoms with van der Waals surface area (Å²) in [5.41, 5.74) is 10.3. The highest BCUT2D eigenvalue weighted by Crippen LogP contribution is 2.21. The highest BCUT2D eigenvalue weighted by atomic mass is 16.5. The number of aromatic hydroxyl groups is 1. The minimum absolute atomic E-state index is 0.235. The lowest BCUT2D eigenvalue weighted by atomic mass is 10.0. The molecule has 0 aromatic heterocycles. The number of nitrogen functional groups attached to an aromatic ring is 1. The molecule has 2 aromatic rings. The van der Waals surface area contributed by atoms with E-state index in [1.54, 1.807) is 12.1 Å². The molecule has 1 fully saturated rings. The molecule has 0 amide bonds. The van der Waals surface area contributed by atoms with Gasteiger partial charge >= 0.3 is 0 Å². The van der Waals surface area contributed by atoms with Gasteiger partial charge in [0, 0.05) is 24.8 Å². The number of hydrogen-bond acceptors (Lipinski definition) is 4. The summed E-state index contributed by atoms with van der Waals surface area (Å²) in [6.45, 7) is 6.11. The third kappa shape index (κ3) is 5.48. The molecule has 0 unspecified atom stereocenters. The molecule has 1 heterocycles. The van der Waals surface area contributed by atoms with E-state index in [0.717, 1.165) is 50.9 Å². The minimum atomic E-state index is 0.235. The largest absolute Gasteiger partial charge is 0.508 e. The number of ether oxygens (including phenoxy) is 1. The summed E-state index contributed by atoms with van der Waals surface area (Å²) in [7, 11) is 0. The minimum Gasteiger partial charge on any atom is -0.508 e. The first-order valence-electron chi connectivity index (χ1n) is 9.57. The van der Waals surface area contributed by atoms with Crippen molar-refractivity contribution in [2.24, 2.45) is 0 Å². The number of likely N-dealkylation sites (tertiary alicyclic amines) is 1. The first kappa shape index (κ1) is 18.7. The summed E-state index contributed by atoms with van der Waals surface area (Å²) in [6, 6.07) is 13.9. The van der Waals surface area contributed by atoms with Crippen molar-refractivity contribution in [1.29, 1.82) is 0 Å². The van der Waals surface area contributed by atoms with Crippen LogP contribution in [0.25, 0.3) is 0 Å². The smallest absolute Gasteiger partial charge is 0.117 e. The first-order chi connectivity index (χ1) is 12.6. The molecule has 3 rings (SSSR count). The summed E-state index contributed by atoms with van der Waals surface area (Å²) in [6.07, 6.45) is 4.63. The van der Waals surface area contributed by atoms with Crippen LogP contribution in [-0.2, 0) is 17.8 Å². The Morgan fingerprint density at radius 1 is 1.12 bits per heavy atom. The number of piperidine rings is 1. The van der Waals surface area contributed by atoms with E-state index in [-0.39, 0.29) is 5.75 Å². The van der Waals surface area contributed by atoms with Crippen LogP contribution in [0, 0.1) is 6.92 Å². The van der Waals surface area contributed by atoms with E-state index in [0.29, 0.717) is 18.4 Å². The zero-order valence-electron chi connectivity index (χ0n) is 15.7. The van der Waals surface area contributed by atoms with Gasteiger partial charge in [0.15, 0.2) is 0 Å². The fraction of sp³-hybridized carbons (Fsp3) is 0.455. The van der Waals surface area contributed by atoms with Crippen LogP contribution in [0.2, 0.25) is 0 Å². The lowest BCUT2D eigenvalue weighted by Crippen LogP contribution is -2.37. The molecular weight excluding hydrogens is 324 g/mol. The molecule has 1 aliphatic heterocycles. The average Bonchev–Trinajstić information content (AvgIpc) is 2.64. The number of nitrogens with two attached hydrogens (primary N) is 1. The Bertz CT molecular complexity index is 692. The number of nitrogens with zero attached hydrogens (tertiary/aromatic N) is 1. The molecule has 2 aromatic carbocycles. The van der Waals surface area contributed by atoms with Gasteiger partial charge in [0.05, 0.1) is 12.7 Å². The second-order valence-corrected chi connectivity index (χ2v) is 7.32. The van der Waals surface area contributed by atoms with E-state index in [2.05, 4.69) is 36.1 Å². The Balaban J connectivity index is 1.34. The van der Waals surface area contributed by atoms with Gasteiger partial charge in [0.25, 0.3) is 0 Å². The molecular formula is C22H30N2O2. The number of phenolic OH excluding ortho intramolecular Hbond substituents is 1.